The van der Waals surface area contributed by atoms with Crippen LogP contribution in [0.15, 0.2) is 46.3 Å². The maximum atomic E-state index is 13.2. The summed E-state index contributed by atoms with van der Waals surface area (Å²) in [5, 5.41) is 3.05. The monoisotopic (exact) mass is 425 g/mol. The summed E-state index contributed by atoms with van der Waals surface area (Å²) in [7, 11) is 0. The Kier molecular flexibility index (Phi) is 6.11. The molecule has 1 amide bonds. The zero-order valence-corrected chi connectivity index (χ0v) is 18.7. The average molecular weight is 426 g/mol. The molecule has 0 bridgehead atoms. The molecule has 0 saturated carbocycles. The van der Waals surface area contributed by atoms with E-state index in [0.29, 0.717) is 22.6 Å². The lowest BCUT2D eigenvalue weighted by atomic mass is 10.1. The van der Waals surface area contributed by atoms with Crippen molar-refractivity contribution in [1.82, 2.24) is 14.5 Å². The number of piperazine rings is 1. The number of thioether (sulfide) groups is 1. The molecule has 1 aliphatic heterocycles. The first-order chi connectivity index (χ1) is 14.5. The molecule has 7 heteroatoms. The molecule has 158 valence electrons. The lowest BCUT2D eigenvalue weighted by molar-refractivity contribution is -0.902. The molecular weight excluding hydrogens is 396 g/mol. The number of nitrogens with zero attached hydrogens (tertiary/aromatic N) is 3. The van der Waals surface area contributed by atoms with Crippen LogP contribution in [0.25, 0.3) is 21.7 Å². The molecule has 1 aromatic heterocycles. The van der Waals surface area contributed by atoms with E-state index < -0.39 is 0 Å². The van der Waals surface area contributed by atoms with Crippen molar-refractivity contribution in [3.05, 3.63) is 46.8 Å². The number of aromatic nitrogens is 2. The van der Waals surface area contributed by atoms with Crippen molar-refractivity contribution in [3.8, 4) is 0 Å². The van der Waals surface area contributed by atoms with Crippen LogP contribution in [-0.2, 0) is 11.3 Å². The second-order valence-electron chi connectivity index (χ2n) is 7.85. The minimum absolute atomic E-state index is 0.0458. The van der Waals surface area contributed by atoms with Crippen LogP contribution < -0.4 is 10.5 Å². The first-order valence-electron chi connectivity index (χ1n) is 10.7. The van der Waals surface area contributed by atoms with E-state index in [9.17, 15) is 9.59 Å². The van der Waals surface area contributed by atoms with Gasteiger partial charge < -0.3 is 9.80 Å². The topological polar surface area (TPSA) is 59.6 Å². The van der Waals surface area contributed by atoms with E-state index in [4.69, 9.17) is 4.98 Å². The Balaban J connectivity index is 1.63. The van der Waals surface area contributed by atoms with Gasteiger partial charge in [0.15, 0.2) is 5.16 Å². The summed E-state index contributed by atoms with van der Waals surface area (Å²) < 4.78 is 1.69. The molecule has 0 radical (unpaired) electrons. The first kappa shape index (κ1) is 20.9. The van der Waals surface area contributed by atoms with Gasteiger partial charge in [-0.15, -0.1) is 0 Å². The van der Waals surface area contributed by atoms with Gasteiger partial charge in [0, 0.05) is 6.54 Å². The van der Waals surface area contributed by atoms with Crippen LogP contribution in [0.4, 0.5) is 0 Å². The minimum Gasteiger partial charge on any atom is -0.332 e. The second kappa shape index (κ2) is 8.78. The van der Waals surface area contributed by atoms with Crippen LogP contribution in [0.1, 0.15) is 20.8 Å². The fraction of sp³-hybridized carbons (Fsp3) is 0.435. The molecule has 3 aromatic rings. The van der Waals surface area contributed by atoms with Gasteiger partial charge in [0.25, 0.3) is 5.56 Å². The lowest BCUT2D eigenvalue weighted by Crippen LogP contribution is -3.14. The molecular formula is C23H29N4O2S+. The number of benzene rings is 2. The average Bonchev–Trinajstić information content (AvgIpc) is 2.78. The number of rotatable bonds is 5. The number of nitrogens with one attached hydrogen (secondary N) is 1. The first-order valence-corrected chi connectivity index (χ1v) is 11.6. The van der Waals surface area contributed by atoms with Crippen LogP contribution in [-0.4, -0.2) is 58.3 Å². The van der Waals surface area contributed by atoms with Gasteiger partial charge >= 0.3 is 0 Å². The fourth-order valence-corrected chi connectivity index (χ4v) is 5.18. The molecule has 0 unspecified atom stereocenters. The Labute approximate surface area is 180 Å². The van der Waals surface area contributed by atoms with E-state index >= 15 is 0 Å². The smallest absolute Gasteiger partial charge is 0.262 e. The summed E-state index contributed by atoms with van der Waals surface area (Å²) >= 11 is 1.39. The van der Waals surface area contributed by atoms with Crippen molar-refractivity contribution in [3.63, 3.8) is 0 Å². The Bertz CT molecular complexity index is 1140. The van der Waals surface area contributed by atoms with Crippen LogP contribution in [0.2, 0.25) is 0 Å². The van der Waals surface area contributed by atoms with Gasteiger partial charge in [-0.05, 0) is 43.7 Å². The molecule has 1 N–H and O–H groups in total. The third kappa shape index (κ3) is 3.96. The molecule has 2 heterocycles. The van der Waals surface area contributed by atoms with Crippen molar-refractivity contribution < 1.29 is 9.69 Å². The Morgan fingerprint density at radius 1 is 1.17 bits per heavy atom. The van der Waals surface area contributed by atoms with Gasteiger partial charge in [0.2, 0.25) is 5.91 Å². The van der Waals surface area contributed by atoms with Crippen molar-refractivity contribution in [2.45, 2.75) is 37.7 Å². The van der Waals surface area contributed by atoms with E-state index in [-0.39, 0.29) is 16.7 Å². The molecule has 0 spiro atoms. The third-order valence-electron chi connectivity index (χ3n) is 6.01. The molecule has 1 saturated heterocycles. The molecule has 1 atom stereocenters. The number of hydrogen-bond donors (Lipinski definition) is 1. The van der Waals surface area contributed by atoms with E-state index in [2.05, 4.69) is 6.92 Å². The molecule has 1 aliphatic rings. The van der Waals surface area contributed by atoms with Gasteiger partial charge in [-0.1, -0.05) is 36.0 Å². The SMILES string of the molecule is CCn1c(S[C@H](C)C(=O)N2CC[NH+](CC)CC2)nc2cc3ccccc3cc2c1=O. The normalized spacial score (nSPS) is 16.3. The largest absolute Gasteiger partial charge is 0.332 e. The van der Waals surface area contributed by atoms with Gasteiger partial charge in [-0.3, -0.25) is 14.2 Å². The summed E-state index contributed by atoms with van der Waals surface area (Å²) in [6, 6.07) is 11.9. The van der Waals surface area contributed by atoms with E-state index in [0.717, 1.165) is 43.5 Å². The fourth-order valence-electron chi connectivity index (χ4n) is 4.12. The molecule has 1 fully saturated rings. The molecule has 4 rings (SSSR count). The zero-order chi connectivity index (χ0) is 21.3. The maximum Gasteiger partial charge on any atom is 0.262 e. The Hall–Kier alpha value is -2.38. The van der Waals surface area contributed by atoms with Gasteiger partial charge in [0.05, 0.1) is 48.9 Å². The van der Waals surface area contributed by atoms with Gasteiger partial charge in [-0.25, -0.2) is 4.98 Å². The Morgan fingerprint density at radius 2 is 1.83 bits per heavy atom. The minimum atomic E-state index is -0.282. The van der Waals surface area contributed by atoms with Gasteiger partial charge in [0.1, 0.15) is 0 Å². The third-order valence-corrected chi connectivity index (χ3v) is 7.09. The predicted molar refractivity (Wildman–Crippen MR) is 122 cm³/mol. The molecule has 2 aromatic carbocycles. The van der Waals surface area contributed by atoms with E-state index in [1.165, 1.54) is 11.8 Å². The molecule has 0 aliphatic carbocycles. The highest BCUT2D eigenvalue weighted by Crippen LogP contribution is 2.26. The molecule has 30 heavy (non-hydrogen) atoms. The van der Waals surface area contributed by atoms with Crippen molar-refractivity contribution in [1.29, 1.82) is 0 Å². The number of quaternary nitrogens is 1. The zero-order valence-electron chi connectivity index (χ0n) is 17.9. The second-order valence-corrected chi connectivity index (χ2v) is 9.16. The maximum absolute atomic E-state index is 13.2. The standard InChI is InChI=1S/C23H28N4O2S/c1-4-25-10-12-26(13-11-25)21(28)16(3)30-23-24-20-15-18-9-7-6-8-17(18)14-19(20)22(29)27(23)5-2/h6-9,14-16H,4-5,10-13H2,1-3H3/p+1/t16-/m1/s1. The van der Waals surface area contributed by atoms with Crippen LogP contribution in [0.3, 0.4) is 0 Å². The van der Waals surface area contributed by atoms with E-state index in [1.807, 2.05) is 55.1 Å². The Morgan fingerprint density at radius 3 is 2.47 bits per heavy atom. The number of amides is 1. The summed E-state index contributed by atoms with van der Waals surface area (Å²) in [6.45, 7) is 11.3. The van der Waals surface area contributed by atoms with Gasteiger partial charge in [-0.2, -0.15) is 0 Å². The van der Waals surface area contributed by atoms with Crippen LogP contribution >= 0.6 is 11.8 Å². The summed E-state index contributed by atoms with van der Waals surface area (Å²) in [5.41, 5.74) is 0.640. The highest BCUT2D eigenvalue weighted by atomic mass is 32.2. The summed E-state index contributed by atoms with van der Waals surface area (Å²) in [6.07, 6.45) is 0. The number of fused-ring (bicyclic) bond motifs is 2. The lowest BCUT2D eigenvalue weighted by Gasteiger charge is -2.33. The predicted octanol–water partition coefficient (Wildman–Crippen LogP) is 1.80. The number of hydrogen-bond acceptors (Lipinski definition) is 4. The van der Waals surface area contributed by atoms with Crippen molar-refractivity contribution in [2.24, 2.45) is 0 Å². The molecule has 6 nitrogen and oxygen atoms in total. The highest BCUT2D eigenvalue weighted by Gasteiger charge is 2.28. The number of carbonyl (C=O) groups is 1. The highest BCUT2D eigenvalue weighted by molar-refractivity contribution is 8.00. The van der Waals surface area contributed by atoms with Crippen molar-refractivity contribution >= 4 is 39.3 Å². The van der Waals surface area contributed by atoms with E-state index in [1.54, 1.807) is 9.47 Å². The van der Waals surface area contributed by atoms with Crippen LogP contribution in [0.5, 0.6) is 0 Å². The van der Waals surface area contributed by atoms with Crippen LogP contribution in [0, 0.1) is 0 Å². The summed E-state index contributed by atoms with van der Waals surface area (Å²) in [4.78, 5) is 34.5. The number of carbonyl (C=O) groups excluding carboxylic acids is 1. The van der Waals surface area contributed by atoms with Crippen molar-refractivity contribution in [2.75, 3.05) is 32.7 Å². The summed E-state index contributed by atoms with van der Waals surface area (Å²) in [5.74, 6) is 0.130. The number of likely N-dealkylation sites (N-methyl/N-ethyl adjacent to an activating group) is 1. The quantitative estimate of drug-likeness (QED) is 0.385.